The van der Waals surface area contributed by atoms with Gasteiger partial charge in [-0.1, -0.05) is 18.2 Å². The van der Waals surface area contributed by atoms with Gasteiger partial charge in [-0.3, -0.25) is 0 Å². The minimum absolute atomic E-state index is 0.0446. The van der Waals surface area contributed by atoms with Crippen molar-refractivity contribution in [3.63, 3.8) is 0 Å². The fourth-order valence-corrected chi connectivity index (χ4v) is 1.29. The number of hydrogen-bond donors (Lipinski definition) is 1. The maximum absolute atomic E-state index is 5.92. The molecule has 1 rings (SSSR count). The van der Waals surface area contributed by atoms with Gasteiger partial charge in [0.1, 0.15) is 5.75 Å². The molecule has 0 unspecified atom stereocenters. The van der Waals surface area contributed by atoms with Crippen molar-refractivity contribution in [2.45, 2.75) is 19.4 Å². The van der Waals surface area contributed by atoms with Crippen molar-refractivity contribution >= 4 is 0 Å². The normalized spacial score (nSPS) is 12.1. The van der Waals surface area contributed by atoms with E-state index in [0.29, 0.717) is 6.61 Å². The van der Waals surface area contributed by atoms with Gasteiger partial charge >= 0.3 is 0 Å². The Balaban J connectivity index is 2.67. The molecule has 2 heteroatoms. The number of hydrogen-bond acceptors (Lipinski definition) is 2. The predicted octanol–water partition coefficient (Wildman–Crippen LogP) is 2.66. The molecule has 76 valence electrons. The first-order valence-electron chi connectivity index (χ1n) is 4.87. The van der Waals surface area contributed by atoms with Crippen molar-refractivity contribution < 1.29 is 4.74 Å². The number of benzene rings is 1. The average Bonchev–Trinajstić information content (AvgIpc) is 2.20. The van der Waals surface area contributed by atoms with E-state index in [1.807, 2.05) is 37.3 Å². The van der Waals surface area contributed by atoms with E-state index in [9.17, 15) is 0 Å². The molecule has 0 spiro atoms. The Labute approximate surface area is 85.4 Å². The Morgan fingerprint density at radius 2 is 2.07 bits per heavy atom. The highest BCUT2D eigenvalue weighted by atomic mass is 16.5. The molecular weight excluding hydrogens is 174 g/mol. The average molecular weight is 191 g/mol. The molecule has 0 aliphatic rings. The maximum atomic E-state index is 5.92. The van der Waals surface area contributed by atoms with Gasteiger partial charge in [-0.25, -0.2) is 0 Å². The molecule has 1 atom stereocenters. The second-order valence-electron chi connectivity index (χ2n) is 3.13. The summed E-state index contributed by atoms with van der Waals surface area (Å²) in [4.78, 5) is 0. The Hall–Kier alpha value is -1.28. The van der Waals surface area contributed by atoms with Crippen molar-refractivity contribution in [3.8, 4) is 5.75 Å². The van der Waals surface area contributed by atoms with E-state index in [0.717, 1.165) is 17.7 Å². The molecule has 0 radical (unpaired) electrons. The van der Waals surface area contributed by atoms with Crippen molar-refractivity contribution in [2.75, 3.05) is 6.61 Å². The van der Waals surface area contributed by atoms with Gasteiger partial charge in [0.2, 0.25) is 0 Å². The smallest absolute Gasteiger partial charge is 0.119 e. The highest BCUT2D eigenvalue weighted by Gasteiger charge is 2.03. The lowest BCUT2D eigenvalue weighted by molar-refractivity contribution is 0.340. The van der Waals surface area contributed by atoms with Gasteiger partial charge in [0.05, 0.1) is 6.61 Å². The summed E-state index contributed by atoms with van der Waals surface area (Å²) in [5.41, 5.74) is 7.04. The third kappa shape index (κ3) is 2.89. The highest BCUT2D eigenvalue weighted by molar-refractivity contribution is 5.29. The van der Waals surface area contributed by atoms with E-state index in [1.165, 1.54) is 0 Å². The van der Waals surface area contributed by atoms with E-state index in [4.69, 9.17) is 10.5 Å². The van der Waals surface area contributed by atoms with Gasteiger partial charge in [0.15, 0.2) is 0 Å². The quantitative estimate of drug-likeness (QED) is 0.726. The zero-order valence-corrected chi connectivity index (χ0v) is 8.57. The molecule has 0 aromatic heterocycles. The van der Waals surface area contributed by atoms with Crippen LogP contribution in [0.1, 0.15) is 24.9 Å². The zero-order valence-electron chi connectivity index (χ0n) is 8.57. The zero-order chi connectivity index (χ0) is 10.4. The molecule has 1 aromatic rings. The van der Waals surface area contributed by atoms with E-state index < -0.39 is 0 Å². The molecule has 1 aromatic carbocycles. The second-order valence-corrected chi connectivity index (χ2v) is 3.13. The van der Waals surface area contributed by atoms with Crippen LogP contribution >= 0.6 is 0 Å². The van der Waals surface area contributed by atoms with Gasteiger partial charge in [0, 0.05) is 6.04 Å². The summed E-state index contributed by atoms with van der Waals surface area (Å²) in [5, 5.41) is 0. The first-order valence-corrected chi connectivity index (χ1v) is 4.87. The van der Waals surface area contributed by atoms with E-state index in [1.54, 1.807) is 0 Å². The van der Waals surface area contributed by atoms with E-state index in [-0.39, 0.29) is 6.04 Å². The van der Waals surface area contributed by atoms with Crippen LogP contribution in [0.4, 0.5) is 0 Å². The van der Waals surface area contributed by atoms with Gasteiger partial charge in [0.25, 0.3) is 0 Å². The van der Waals surface area contributed by atoms with Crippen LogP contribution in [0.15, 0.2) is 36.9 Å². The standard InChI is InChI=1S/C12H17NO/c1-3-5-12(13)10-6-8-11(9-7-10)14-4-2/h3,6-9,12H,1,4-5,13H2,2H3/t12-/m0/s1. The second kappa shape index (κ2) is 5.45. The molecule has 0 amide bonds. The molecule has 0 aliphatic heterocycles. The minimum atomic E-state index is 0.0446. The summed E-state index contributed by atoms with van der Waals surface area (Å²) in [6.07, 6.45) is 2.63. The van der Waals surface area contributed by atoms with Crippen molar-refractivity contribution in [3.05, 3.63) is 42.5 Å². The number of ether oxygens (including phenoxy) is 1. The topological polar surface area (TPSA) is 35.2 Å². The van der Waals surface area contributed by atoms with Crippen LogP contribution in [0, 0.1) is 0 Å². The summed E-state index contributed by atoms with van der Waals surface area (Å²) >= 11 is 0. The number of nitrogens with two attached hydrogens (primary N) is 1. The maximum Gasteiger partial charge on any atom is 0.119 e. The lowest BCUT2D eigenvalue weighted by Crippen LogP contribution is -2.08. The highest BCUT2D eigenvalue weighted by Crippen LogP contribution is 2.18. The van der Waals surface area contributed by atoms with Crippen LogP contribution in [0.3, 0.4) is 0 Å². The monoisotopic (exact) mass is 191 g/mol. The molecule has 0 saturated carbocycles. The molecule has 0 bridgehead atoms. The Morgan fingerprint density at radius 3 is 2.57 bits per heavy atom. The Bertz CT molecular complexity index is 279. The molecule has 14 heavy (non-hydrogen) atoms. The summed E-state index contributed by atoms with van der Waals surface area (Å²) in [5.74, 6) is 0.891. The van der Waals surface area contributed by atoms with E-state index >= 15 is 0 Å². The fraction of sp³-hybridized carbons (Fsp3) is 0.333. The van der Waals surface area contributed by atoms with Crippen molar-refractivity contribution in [1.82, 2.24) is 0 Å². The van der Waals surface area contributed by atoms with Gasteiger partial charge in [-0.2, -0.15) is 0 Å². The first-order chi connectivity index (χ1) is 6.77. The SMILES string of the molecule is C=CC[C@H](N)c1ccc(OCC)cc1. The molecule has 0 saturated heterocycles. The first kappa shape index (κ1) is 10.8. The van der Waals surface area contributed by atoms with Crippen LogP contribution in [0.25, 0.3) is 0 Å². The largest absolute Gasteiger partial charge is 0.494 e. The lowest BCUT2D eigenvalue weighted by atomic mass is 10.1. The lowest BCUT2D eigenvalue weighted by Gasteiger charge is -2.10. The molecule has 0 aliphatic carbocycles. The van der Waals surface area contributed by atoms with Gasteiger partial charge in [-0.15, -0.1) is 6.58 Å². The third-order valence-electron chi connectivity index (χ3n) is 2.04. The van der Waals surface area contributed by atoms with Crippen LogP contribution in [0.2, 0.25) is 0 Å². The molecule has 2 nitrogen and oxygen atoms in total. The summed E-state index contributed by atoms with van der Waals surface area (Å²) in [7, 11) is 0. The van der Waals surface area contributed by atoms with Crippen molar-refractivity contribution in [1.29, 1.82) is 0 Å². The fourth-order valence-electron chi connectivity index (χ4n) is 1.29. The Morgan fingerprint density at radius 1 is 1.43 bits per heavy atom. The van der Waals surface area contributed by atoms with E-state index in [2.05, 4.69) is 6.58 Å². The van der Waals surface area contributed by atoms with Crippen LogP contribution in [0.5, 0.6) is 5.75 Å². The molecule has 2 N–H and O–H groups in total. The predicted molar refractivity (Wildman–Crippen MR) is 59.4 cm³/mol. The van der Waals surface area contributed by atoms with Gasteiger partial charge < -0.3 is 10.5 Å². The summed E-state index contributed by atoms with van der Waals surface area (Å²) in [6, 6.07) is 7.94. The van der Waals surface area contributed by atoms with Crippen LogP contribution < -0.4 is 10.5 Å². The molecular formula is C12H17NO. The molecule has 0 heterocycles. The number of rotatable bonds is 5. The molecule has 0 fully saturated rings. The minimum Gasteiger partial charge on any atom is -0.494 e. The third-order valence-corrected chi connectivity index (χ3v) is 2.04. The van der Waals surface area contributed by atoms with Gasteiger partial charge in [-0.05, 0) is 31.0 Å². The van der Waals surface area contributed by atoms with Crippen LogP contribution in [-0.4, -0.2) is 6.61 Å². The Kier molecular flexibility index (Phi) is 4.20. The summed E-state index contributed by atoms with van der Waals surface area (Å²) in [6.45, 7) is 6.33. The van der Waals surface area contributed by atoms with Crippen LogP contribution in [-0.2, 0) is 0 Å². The van der Waals surface area contributed by atoms with Crippen molar-refractivity contribution in [2.24, 2.45) is 5.73 Å². The summed E-state index contributed by atoms with van der Waals surface area (Å²) < 4.78 is 5.34.